The van der Waals surface area contributed by atoms with Crippen molar-refractivity contribution in [2.24, 2.45) is 0 Å². The van der Waals surface area contributed by atoms with Crippen molar-refractivity contribution in [2.45, 2.75) is 37.8 Å². The summed E-state index contributed by atoms with van der Waals surface area (Å²) in [7, 11) is 0. The van der Waals surface area contributed by atoms with Crippen molar-refractivity contribution in [2.75, 3.05) is 5.32 Å². The third-order valence-corrected chi connectivity index (χ3v) is 4.75. The Morgan fingerprint density at radius 3 is 1.62 bits per heavy atom. The topological polar surface area (TPSA) is 32.3 Å². The van der Waals surface area contributed by atoms with Crippen molar-refractivity contribution >= 4 is 5.69 Å². The highest BCUT2D eigenvalue weighted by Crippen LogP contribution is 2.17. The molecule has 0 aromatic heterocycles. The molecule has 0 bridgehead atoms. The van der Waals surface area contributed by atoms with Crippen LogP contribution in [0.4, 0.5) is 5.69 Å². The summed E-state index contributed by atoms with van der Waals surface area (Å²) in [4.78, 5) is 0. The number of anilines is 1. The first-order valence-corrected chi connectivity index (χ1v) is 9.39. The minimum absolute atomic E-state index is 0.0290. The first-order chi connectivity index (χ1) is 12.8. The van der Waals surface area contributed by atoms with Gasteiger partial charge in [0.1, 0.15) is 0 Å². The SMILES string of the molecule is O[C@@H](CCc1ccccc1)[C@H](CCc1ccccc1)Nc1ccccc1. The summed E-state index contributed by atoms with van der Waals surface area (Å²) in [6, 6.07) is 31.0. The fraction of sp³-hybridized carbons (Fsp3) is 0.250. The highest BCUT2D eigenvalue weighted by atomic mass is 16.3. The lowest BCUT2D eigenvalue weighted by molar-refractivity contribution is 0.139. The van der Waals surface area contributed by atoms with Crippen molar-refractivity contribution in [3.05, 3.63) is 102 Å². The molecule has 0 heterocycles. The Balaban J connectivity index is 1.62. The molecule has 0 saturated carbocycles. The number of aliphatic hydroxyl groups is 1. The van der Waals surface area contributed by atoms with Gasteiger partial charge in [0.05, 0.1) is 12.1 Å². The Hall–Kier alpha value is -2.58. The zero-order valence-corrected chi connectivity index (χ0v) is 15.1. The number of aliphatic hydroxyl groups excluding tert-OH is 1. The Morgan fingerprint density at radius 1 is 0.615 bits per heavy atom. The number of rotatable bonds is 9. The third-order valence-electron chi connectivity index (χ3n) is 4.75. The van der Waals surface area contributed by atoms with E-state index in [0.29, 0.717) is 0 Å². The number of aryl methyl sites for hydroxylation is 2. The van der Waals surface area contributed by atoms with E-state index >= 15 is 0 Å². The van der Waals surface area contributed by atoms with Gasteiger partial charge in [0.15, 0.2) is 0 Å². The molecule has 2 heteroatoms. The molecule has 0 fully saturated rings. The number of nitrogens with one attached hydrogen (secondary N) is 1. The van der Waals surface area contributed by atoms with Gasteiger partial charge >= 0.3 is 0 Å². The van der Waals surface area contributed by atoms with Gasteiger partial charge in [0.25, 0.3) is 0 Å². The van der Waals surface area contributed by atoms with Gasteiger partial charge in [-0.1, -0.05) is 78.9 Å². The molecular weight excluding hydrogens is 318 g/mol. The first-order valence-electron chi connectivity index (χ1n) is 9.39. The summed E-state index contributed by atoms with van der Waals surface area (Å²) < 4.78 is 0. The highest BCUT2D eigenvalue weighted by Gasteiger charge is 2.19. The minimum Gasteiger partial charge on any atom is -0.391 e. The molecule has 0 aliphatic heterocycles. The van der Waals surface area contributed by atoms with Gasteiger partial charge < -0.3 is 10.4 Å². The van der Waals surface area contributed by atoms with Gasteiger partial charge in [0, 0.05) is 5.69 Å². The summed E-state index contributed by atoms with van der Waals surface area (Å²) in [5.41, 5.74) is 3.64. The molecule has 0 saturated heterocycles. The second-order valence-corrected chi connectivity index (χ2v) is 6.73. The van der Waals surface area contributed by atoms with Crippen LogP contribution in [0.1, 0.15) is 24.0 Å². The van der Waals surface area contributed by atoms with Crippen molar-refractivity contribution in [1.82, 2.24) is 0 Å². The molecule has 0 aliphatic rings. The molecule has 0 aliphatic carbocycles. The lowest BCUT2D eigenvalue weighted by atomic mass is 9.96. The van der Waals surface area contributed by atoms with Crippen molar-refractivity contribution < 1.29 is 5.11 Å². The number of hydrogen-bond donors (Lipinski definition) is 2. The van der Waals surface area contributed by atoms with Crippen LogP contribution < -0.4 is 5.32 Å². The fourth-order valence-corrected chi connectivity index (χ4v) is 3.24. The first kappa shape index (κ1) is 18.2. The quantitative estimate of drug-likeness (QED) is 0.566. The third kappa shape index (κ3) is 5.75. The Kier molecular flexibility index (Phi) is 6.86. The van der Waals surface area contributed by atoms with E-state index in [-0.39, 0.29) is 12.1 Å². The molecular formula is C24H27NO. The number of para-hydroxylation sites is 1. The molecule has 0 unspecified atom stereocenters. The molecule has 134 valence electrons. The van der Waals surface area contributed by atoms with Crippen LogP contribution in [0.3, 0.4) is 0 Å². The molecule has 0 spiro atoms. The van der Waals surface area contributed by atoms with Crippen molar-refractivity contribution in [3.8, 4) is 0 Å². The Bertz CT molecular complexity index is 743. The fourth-order valence-electron chi connectivity index (χ4n) is 3.24. The molecule has 2 nitrogen and oxygen atoms in total. The average molecular weight is 345 g/mol. The maximum Gasteiger partial charge on any atom is 0.0744 e. The lowest BCUT2D eigenvalue weighted by Crippen LogP contribution is -2.34. The lowest BCUT2D eigenvalue weighted by Gasteiger charge is -2.25. The summed E-state index contributed by atoms with van der Waals surface area (Å²) in [6.45, 7) is 0. The van der Waals surface area contributed by atoms with E-state index in [1.54, 1.807) is 0 Å². The van der Waals surface area contributed by atoms with Gasteiger partial charge in [-0.05, 0) is 48.9 Å². The van der Waals surface area contributed by atoms with Crippen LogP contribution in [0.5, 0.6) is 0 Å². The molecule has 0 amide bonds. The summed E-state index contributed by atoms with van der Waals surface area (Å²) in [5.74, 6) is 0. The van der Waals surface area contributed by atoms with Gasteiger partial charge in [-0.15, -0.1) is 0 Å². The largest absolute Gasteiger partial charge is 0.391 e. The molecule has 0 radical (unpaired) electrons. The van der Waals surface area contributed by atoms with Crippen molar-refractivity contribution in [3.63, 3.8) is 0 Å². The summed E-state index contributed by atoms with van der Waals surface area (Å²) in [6.07, 6.45) is 3.10. The van der Waals surface area contributed by atoms with Crippen LogP contribution in [0.15, 0.2) is 91.0 Å². The van der Waals surface area contributed by atoms with E-state index in [1.165, 1.54) is 11.1 Å². The predicted molar refractivity (Wildman–Crippen MR) is 109 cm³/mol. The maximum atomic E-state index is 10.8. The van der Waals surface area contributed by atoms with Crippen LogP contribution in [0, 0.1) is 0 Å². The molecule has 26 heavy (non-hydrogen) atoms. The standard InChI is InChI=1S/C24H27NO/c26-24(19-17-21-12-6-2-7-13-21)23(25-22-14-8-3-9-15-22)18-16-20-10-4-1-5-11-20/h1-15,23-26H,16-19H2/t23-,24-/m0/s1. The van der Waals surface area contributed by atoms with Gasteiger partial charge in [0.2, 0.25) is 0 Å². The van der Waals surface area contributed by atoms with E-state index in [4.69, 9.17) is 0 Å². The number of benzene rings is 3. The van der Waals surface area contributed by atoms with E-state index < -0.39 is 0 Å². The predicted octanol–water partition coefficient (Wildman–Crippen LogP) is 5.09. The summed E-state index contributed by atoms with van der Waals surface area (Å²) in [5, 5.41) is 14.4. The molecule has 3 aromatic carbocycles. The monoisotopic (exact) mass is 345 g/mol. The van der Waals surface area contributed by atoms with Crippen LogP contribution in [0.2, 0.25) is 0 Å². The van der Waals surface area contributed by atoms with Crippen LogP contribution in [-0.4, -0.2) is 17.3 Å². The normalized spacial score (nSPS) is 13.1. The molecule has 2 N–H and O–H groups in total. The van der Waals surface area contributed by atoms with Crippen LogP contribution in [-0.2, 0) is 12.8 Å². The maximum absolute atomic E-state index is 10.8. The Labute approximate surface area is 156 Å². The summed E-state index contributed by atoms with van der Waals surface area (Å²) >= 11 is 0. The van der Waals surface area contributed by atoms with Gasteiger partial charge in [-0.25, -0.2) is 0 Å². The highest BCUT2D eigenvalue weighted by molar-refractivity contribution is 5.43. The molecule has 3 aromatic rings. The van der Waals surface area contributed by atoms with E-state index in [9.17, 15) is 5.11 Å². The van der Waals surface area contributed by atoms with Crippen LogP contribution in [0.25, 0.3) is 0 Å². The smallest absolute Gasteiger partial charge is 0.0744 e. The van der Waals surface area contributed by atoms with E-state index in [1.807, 2.05) is 30.3 Å². The number of hydrogen-bond acceptors (Lipinski definition) is 2. The second kappa shape index (κ2) is 9.79. The minimum atomic E-state index is -0.390. The van der Waals surface area contributed by atoms with Crippen LogP contribution >= 0.6 is 0 Å². The zero-order chi connectivity index (χ0) is 18.0. The van der Waals surface area contributed by atoms with Gasteiger partial charge in [-0.3, -0.25) is 0 Å². The molecule has 2 atom stereocenters. The van der Waals surface area contributed by atoms with E-state index in [0.717, 1.165) is 31.4 Å². The molecule has 3 rings (SSSR count). The average Bonchev–Trinajstić information content (AvgIpc) is 2.71. The van der Waals surface area contributed by atoms with E-state index in [2.05, 4.69) is 66.0 Å². The van der Waals surface area contributed by atoms with Crippen molar-refractivity contribution in [1.29, 1.82) is 0 Å². The second-order valence-electron chi connectivity index (χ2n) is 6.73. The Morgan fingerprint density at radius 2 is 1.08 bits per heavy atom. The zero-order valence-electron chi connectivity index (χ0n) is 15.1. The van der Waals surface area contributed by atoms with Gasteiger partial charge in [-0.2, -0.15) is 0 Å².